The van der Waals surface area contributed by atoms with E-state index < -0.39 is 5.54 Å². The first-order valence-electron chi connectivity index (χ1n) is 5.87. The van der Waals surface area contributed by atoms with Gasteiger partial charge in [-0.05, 0) is 55.4 Å². The van der Waals surface area contributed by atoms with Crippen molar-refractivity contribution in [1.82, 2.24) is 0 Å². The van der Waals surface area contributed by atoms with Gasteiger partial charge in [-0.1, -0.05) is 13.8 Å². The predicted octanol–water partition coefficient (Wildman–Crippen LogP) is 2.81. The van der Waals surface area contributed by atoms with E-state index in [-0.39, 0.29) is 5.41 Å². The molecule has 16 heavy (non-hydrogen) atoms. The maximum Gasteiger partial charge on any atom is 0.120 e. The summed E-state index contributed by atoms with van der Waals surface area (Å²) in [6, 6.07) is 3.99. The quantitative estimate of drug-likeness (QED) is 0.763. The minimum atomic E-state index is -0.488. The van der Waals surface area contributed by atoms with Crippen LogP contribution in [0.4, 0.5) is 0 Å². The normalized spacial score (nSPS) is 18.6. The molecule has 1 aromatic rings. The lowest BCUT2D eigenvalue weighted by atomic mass is 9.83. The molecule has 0 atom stereocenters. The number of aromatic hydroxyl groups is 1. The van der Waals surface area contributed by atoms with E-state index in [4.69, 9.17) is 5.73 Å². The fourth-order valence-corrected chi connectivity index (χ4v) is 2.57. The first kappa shape index (κ1) is 11.5. The SMILES string of the molecule is CC(C)(N)c1cc2c(cc1O)CCC2(C)C. The Bertz CT molecular complexity index is 426. The molecule has 1 aliphatic carbocycles. The zero-order chi connectivity index (χ0) is 12.1. The molecule has 0 saturated carbocycles. The number of aryl methyl sites for hydroxylation is 1. The maximum atomic E-state index is 10.0. The molecule has 88 valence electrons. The van der Waals surface area contributed by atoms with Crippen LogP contribution in [-0.4, -0.2) is 5.11 Å². The van der Waals surface area contributed by atoms with Crippen molar-refractivity contribution in [3.63, 3.8) is 0 Å². The molecule has 1 aliphatic rings. The molecule has 0 aromatic heterocycles. The van der Waals surface area contributed by atoms with E-state index >= 15 is 0 Å². The van der Waals surface area contributed by atoms with Crippen LogP contribution in [0, 0.1) is 0 Å². The lowest BCUT2D eigenvalue weighted by Gasteiger charge is -2.25. The van der Waals surface area contributed by atoms with Crippen LogP contribution in [-0.2, 0) is 17.4 Å². The van der Waals surface area contributed by atoms with Crippen molar-refractivity contribution in [2.24, 2.45) is 5.73 Å². The van der Waals surface area contributed by atoms with Gasteiger partial charge in [0.25, 0.3) is 0 Å². The van der Waals surface area contributed by atoms with Crippen molar-refractivity contribution in [3.8, 4) is 5.75 Å². The summed E-state index contributed by atoms with van der Waals surface area (Å²) < 4.78 is 0. The van der Waals surface area contributed by atoms with Gasteiger partial charge in [0.2, 0.25) is 0 Å². The van der Waals surface area contributed by atoms with E-state index in [1.54, 1.807) is 0 Å². The van der Waals surface area contributed by atoms with Crippen molar-refractivity contribution in [2.75, 3.05) is 0 Å². The van der Waals surface area contributed by atoms with Gasteiger partial charge in [-0.2, -0.15) is 0 Å². The number of benzene rings is 1. The average molecular weight is 219 g/mol. The predicted molar refractivity (Wildman–Crippen MR) is 66.7 cm³/mol. The largest absolute Gasteiger partial charge is 0.508 e. The van der Waals surface area contributed by atoms with Crippen molar-refractivity contribution in [3.05, 3.63) is 28.8 Å². The molecule has 0 fully saturated rings. The zero-order valence-corrected chi connectivity index (χ0v) is 10.6. The van der Waals surface area contributed by atoms with Crippen molar-refractivity contribution in [2.45, 2.75) is 51.5 Å². The molecule has 2 rings (SSSR count). The van der Waals surface area contributed by atoms with E-state index in [0.29, 0.717) is 5.75 Å². The summed E-state index contributed by atoms with van der Waals surface area (Å²) in [4.78, 5) is 0. The Labute approximate surface area is 97.5 Å². The van der Waals surface area contributed by atoms with Gasteiger partial charge in [-0.3, -0.25) is 0 Å². The Morgan fingerprint density at radius 2 is 1.94 bits per heavy atom. The lowest BCUT2D eigenvalue weighted by Crippen LogP contribution is -2.29. The molecule has 0 bridgehead atoms. The Morgan fingerprint density at radius 1 is 1.31 bits per heavy atom. The van der Waals surface area contributed by atoms with Gasteiger partial charge in [0.15, 0.2) is 0 Å². The summed E-state index contributed by atoms with van der Waals surface area (Å²) in [7, 11) is 0. The highest BCUT2D eigenvalue weighted by Crippen LogP contribution is 2.42. The highest BCUT2D eigenvalue weighted by atomic mass is 16.3. The molecule has 0 radical (unpaired) electrons. The summed E-state index contributed by atoms with van der Waals surface area (Å²) in [5, 5.41) is 10.0. The number of phenols is 1. The van der Waals surface area contributed by atoms with E-state index in [1.807, 2.05) is 19.9 Å². The maximum absolute atomic E-state index is 10.0. The van der Waals surface area contributed by atoms with Gasteiger partial charge in [0.05, 0.1) is 0 Å². The van der Waals surface area contributed by atoms with Crippen LogP contribution in [0.2, 0.25) is 0 Å². The third-order valence-corrected chi connectivity index (χ3v) is 3.66. The molecule has 1 aromatic carbocycles. The Morgan fingerprint density at radius 3 is 2.50 bits per heavy atom. The Hall–Kier alpha value is -1.02. The standard InChI is InChI=1S/C14H21NO/c1-13(2)6-5-9-7-12(16)11(8-10(9)13)14(3,4)15/h7-8,16H,5-6,15H2,1-4H3. The highest BCUT2D eigenvalue weighted by molar-refractivity contribution is 5.49. The number of phenolic OH excluding ortho intramolecular Hbond substituents is 1. The molecule has 0 spiro atoms. The van der Waals surface area contributed by atoms with E-state index in [9.17, 15) is 5.11 Å². The second kappa shape index (κ2) is 3.24. The topological polar surface area (TPSA) is 46.2 Å². The molecule has 2 nitrogen and oxygen atoms in total. The number of nitrogens with two attached hydrogens (primary N) is 1. The molecular weight excluding hydrogens is 198 g/mol. The highest BCUT2D eigenvalue weighted by Gasteiger charge is 2.32. The second-order valence-electron chi connectivity index (χ2n) is 6.13. The van der Waals surface area contributed by atoms with Crippen LogP contribution in [0.1, 0.15) is 50.8 Å². The molecule has 0 saturated heterocycles. The molecule has 0 amide bonds. The number of hydrogen-bond donors (Lipinski definition) is 2. The van der Waals surface area contributed by atoms with Crippen molar-refractivity contribution >= 4 is 0 Å². The van der Waals surface area contributed by atoms with Gasteiger partial charge >= 0.3 is 0 Å². The van der Waals surface area contributed by atoms with Crippen LogP contribution >= 0.6 is 0 Å². The van der Waals surface area contributed by atoms with Gasteiger partial charge in [-0.25, -0.2) is 0 Å². The van der Waals surface area contributed by atoms with Gasteiger partial charge in [0, 0.05) is 11.1 Å². The first-order chi connectivity index (χ1) is 7.22. The lowest BCUT2D eigenvalue weighted by molar-refractivity contribution is 0.438. The fourth-order valence-electron chi connectivity index (χ4n) is 2.57. The number of rotatable bonds is 1. The molecule has 0 heterocycles. The molecular formula is C14H21NO. The Kier molecular flexibility index (Phi) is 2.32. The van der Waals surface area contributed by atoms with E-state index in [0.717, 1.165) is 18.4 Å². The fraction of sp³-hybridized carbons (Fsp3) is 0.571. The molecule has 0 unspecified atom stereocenters. The second-order valence-corrected chi connectivity index (χ2v) is 6.13. The van der Waals surface area contributed by atoms with Crippen LogP contribution in [0.3, 0.4) is 0 Å². The summed E-state index contributed by atoms with van der Waals surface area (Å²) >= 11 is 0. The van der Waals surface area contributed by atoms with Crippen LogP contribution < -0.4 is 5.73 Å². The zero-order valence-electron chi connectivity index (χ0n) is 10.6. The number of hydrogen-bond acceptors (Lipinski definition) is 2. The third-order valence-electron chi connectivity index (χ3n) is 3.66. The van der Waals surface area contributed by atoms with Crippen molar-refractivity contribution in [1.29, 1.82) is 0 Å². The van der Waals surface area contributed by atoms with Crippen molar-refractivity contribution < 1.29 is 5.11 Å². The van der Waals surface area contributed by atoms with Gasteiger partial charge in [-0.15, -0.1) is 0 Å². The minimum absolute atomic E-state index is 0.211. The molecule has 3 N–H and O–H groups in total. The number of fused-ring (bicyclic) bond motifs is 1. The van der Waals surface area contributed by atoms with Crippen LogP contribution in [0.15, 0.2) is 12.1 Å². The summed E-state index contributed by atoms with van der Waals surface area (Å²) in [6.45, 7) is 8.36. The first-order valence-corrected chi connectivity index (χ1v) is 5.87. The summed E-state index contributed by atoms with van der Waals surface area (Å²) in [5.41, 5.74) is 9.27. The molecule has 0 aliphatic heterocycles. The average Bonchev–Trinajstić information content (AvgIpc) is 2.39. The van der Waals surface area contributed by atoms with Crippen LogP contribution in [0.25, 0.3) is 0 Å². The van der Waals surface area contributed by atoms with E-state index in [1.165, 1.54) is 11.1 Å². The van der Waals surface area contributed by atoms with Gasteiger partial charge in [0.1, 0.15) is 5.75 Å². The monoisotopic (exact) mass is 219 g/mol. The summed E-state index contributed by atoms with van der Waals surface area (Å²) in [5.74, 6) is 0.337. The van der Waals surface area contributed by atoms with Crippen LogP contribution in [0.5, 0.6) is 5.75 Å². The minimum Gasteiger partial charge on any atom is -0.508 e. The third kappa shape index (κ3) is 1.71. The summed E-state index contributed by atoms with van der Waals surface area (Å²) in [6.07, 6.45) is 2.21. The Balaban J connectivity index is 2.61. The smallest absolute Gasteiger partial charge is 0.120 e. The molecule has 2 heteroatoms. The van der Waals surface area contributed by atoms with E-state index in [2.05, 4.69) is 19.9 Å². The van der Waals surface area contributed by atoms with Gasteiger partial charge < -0.3 is 10.8 Å².